The first kappa shape index (κ1) is 23.8. The summed E-state index contributed by atoms with van der Waals surface area (Å²) in [5.41, 5.74) is -2.13. The van der Waals surface area contributed by atoms with Crippen LogP contribution in [-0.4, -0.2) is 74.7 Å². The Morgan fingerprint density at radius 1 is 1.12 bits per heavy atom. The van der Waals surface area contributed by atoms with Crippen LogP contribution in [0.25, 0.3) is 5.76 Å². The van der Waals surface area contributed by atoms with Gasteiger partial charge in [0.15, 0.2) is 23.0 Å². The molecule has 1 fully saturated rings. The molecule has 3 aliphatic carbocycles. The van der Waals surface area contributed by atoms with Crippen molar-refractivity contribution in [2.75, 3.05) is 20.6 Å². The van der Waals surface area contributed by atoms with Crippen LogP contribution in [0.4, 0.5) is 0 Å². The molecule has 1 aromatic carbocycles. The van der Waals surface area contributed by atoms with Crippen LogP contribution in [0.1, 0.15) is 36.5 Å². The zero-order chi connectivity index (χ0) is 25.1. The van der Waals surface area contributed by atoms with Crippen LogP contribution in [0.3, 0.4) is 0 Å². The molecule has 3 atom stereocenters. The molecule has 4 N–H and O–H groups in total. The van der Waals surface area contributed by atoms with Crippen molar-refractivity contribution in [3.63, 3.8) is 0 Å². The van der Waals surface area contributed by atoms with E-state index in [2.05, 4.69) is 0 Å². The Hall–Kier alpha value is -3.30. The number of aliphatic hydroxyl groups excluding tert-OH is 2. The van der Waals surface area contributed by atoms with Crippen LogP contribution in [0, 0.1) is 11.8 Å². The Bertz CT molecular complexity index is 1210. The zero-order valence-corrected chi connectivity index (χ0v) is 19.2. The van der Waals surface area contributed by atoms with E-state index in [4.69, 9.17) is 0 Å². The average Bonchev–Trinajstić information content (AvgIpc) is 2.71. The van der Waals surface area contributed by atoms with E-state index in [1.54, 1.807) is 25.1 Å². The van der Waals surface area contributed by atoms with Crippen molar-refractivity contribution in [2.24, 2.45) is 11.8 Å². The van der Waals surface area contributed by atoms with Gasteiger partial charge in [0.05, 0.1) is 12.1 Å². The number of ketones is 4. The van der Waals surface area contributed by atoms with Crippen molar-refractivity contribution in [2.45, 2.75) is 38.2 Å². The summed E-state index contributed by atoms with van der Waals surface area (Å²) in [6, 6.07) is 2.95. The molecule has 9 heteroatoms. The Morgan fingerprint density at radius 3 is 2.41 bits per heavy atom. The number of benzene rings is 1. The first-order valence-corrected chi connectivity index (χ1v) is 11.1. The third kappa shape index (κ3) is 3.47. The summed E-state index contributed by atoms with van der Waals surface area (Å²) < 4.78 is 0. The van der Waals surface area contributed by atoms with E-state index in [-0.39, 0.29) is 54.9 Å². The van der Waals surface area contributed by atoms with Gasteiger partial charge in [0.25, 0.3) is 0 Å². The summed E-state index contributed by atoms with van der Waals surface area (Å²) in [5, 5.41) is 43.5. The lowest BCUT2D eigenvalue weighted by Crippen LogP contribution is -2.57. The predicted octanol–water partition coefficient (Wildman–Crippen LogP) is 1.20. The number of Topliss-reactive ketones (excluding diaryl/α,β-unsaturated/α-hetero) is 4. The SMILES string of the molecule is CC(=O)C1=C(O)[C@@]2(O)C(=O)C3=C(O)c4c(O)ccc(CC(=O)CN(C)C)c4C[C@H]3C[C@H]2CC1=O. The monoisotopic (exact) mass is 469 g/mol. The maximum Gasteiger partial charge on any atom is 0.202 e. The molecule has 1 aromatic rings. The highest BCUT2D eigenvalue weighted by Crippen LogP contribution is 2.52. The lowest BCUT2D eigenvalue weighted by atomic mass is 9.59. The molecule has 180 valence electrons. The molecule has 34 heavy (non-hydrogen) atoms. The normalized spacial score (nSPS) is 26.4. The largest absolute Gasteiger partial charge is 0.508 e. The Kier molecular flexibility index (Phi) is 5.73. The highest BCUT2D eigenvalue weighted by Gasteiger charge is 2.60. The molecule has 0 unspecified atom stereocenters. The lowest BCUT2D eigenvalue weighted by molar-refractivity contribution is -0.147. The van der Waals surface area contributed by atoms with Crippen molar-refractivity contribution in [1.82, 2.24) is 4.90 Å². The molecule has 3 aliphatic rings. The molecule has 0 aliphatic heterocycles. The quantitative estimate of drug-likeness (QED) is 0.466. The highest BCUT2D eigenvalue weighted by molar-refractivity contribution is 6.23. The standard InChI is InChI=1S/C25H27NO8/c1-11(27)19-18(30)9-14-6-13-8-16-12(7-15(28)10-26(2)3)4-5-17(29)21(16)22(31)20(13)24(33)25(14,34)23(19)32/h4-5,13-14,29,31-32,34H,6-10H2,1-3H3/t13-,14+,25-/m1/s1. The van der Waals surface area contributed by atoms with Crippen LogP contribution in [0.15, 0.2) is 29.0 Å². The predicted molar refractivity (Wildman–Crippen MR) is 120 cm³/mol. The third-order valence-electron chi connectivity index (χ3n) is 7.03. The Morgan fingerprint density at radius 2 is 1.79 bits per heavy atom. The van der Waals surface area contributed by atoms with Gasteiger partial charge in [-0.05, 0) is 57.0 Å². The second-order valence-electron chi connectivity index (χ2n) is 9.65. The highest BCUT2D eigenvalue weighted by atomic mass is 16.3. The molecule has 0 amide bonds. The van der Waals surface area contributed by atoms with E-state index in [1.165, 1.54) is 6.07 Å². The van der Waals surface area contributed by atoms with Gasteiger partial charge in [-0.2, -0.15) is 0 Å². The molecule has 9 nitrogen and oxygen atoms in total. The van der Waals surface area contributed by atoms with E-state index in [9.17, 15) is 39.6 Å². The summed E-state index contributed by atoms with van der Waals surface area (Å²) in [6.45, 7) is 1.28. The number of fused-ring (bicyclic) bond motifs is 3. The van der Waals surface area contributed by atoms with Crippen molar-refractivity contribution in [3.8, 4) is 5.75 Å². The number of phenolic OH excluding ortho intramolecular Hbond substituents is 1. The summed E-state index contributed by atoms with van der Waals surface area (Å²) >= 11 is 0. The smallest absolute Gasteiger partial charge is 0.202 e. The number of carbonyl (C=O) groups is 4. The second-order valence-corrected chi connectivity index (χ2v) is 9.65. The molecule has 0 radical (unpaired) electrons. The fourth-order valence-corrected chi connectivity index (χ4v) is 5.58. The van der Waals surface area contributed by atoms with Crippen molar-refractivity contribution in [1.29, 1.82) is 0 Å². The lowest BCUT2D eigenvalue weighted by Gasteiger charge is -2.46. The fourth-order valence-electron chi connectivity index (χ4n) is 5.58. The number of hydrogen-bond acceptors (Lipinski definition) is 9. The number of likely N-dealkylation sites (N-methyl/N-ethyl adjacent to an activating group) is 1. The number of allylic oxidation sites excluding steroid dienone is 1. The van der Waals surface area contributed by atoms with Gasteiger partial charge in [-0.1, -0.05) is 6.07 Å². The summed E-state index contributed by atoms with van der Waals surface area (Å²) in [4.78, 5) is 52.1. The minimum Gasteiger partial charge on any atom is -0.508 e. The van der Waals surface area contributed by atoms with Crippen molar-refractivity contribution in [3.05, 3.63) is 45.7 Å². The molecule has 4 rings (SSSR count). The summed E-state index contributed by atoms with van der Waals surface area (Å²) in [6.07, 6.45) is 0.0569. The van der Waals surface area contributed by atoms with Gasteiger partial charge in [0.1, 0.15) is 22.8 Å². The Labute approximate surface area is 196 Å². The molecule has 0 spiro atoms. The third-order valence-corrected chi connectivity index (χ3v) is 7.03. The van der Waals surface area contributed by atoms with Gasteiger partial charge in [-0.3, -0.25) is 19.2 Å². The van der Waals surface area contributed by atoms with Crippen molar-refractivity contribution >= 4 is 28.9 Å². The van der Waals surface area contributed by atoms with Crippen LogP contribution in [-0.2, 0) is 32.0 Å². The maximum absolute atomic E-state index is 13.5. The van der Waals surface area contributed by atoms with Crippen LogP contribution in [0.2, 0.25) is 0 Å². The van der Waals surface area contributed by atoms with Crippen LogP contribution < -0.4 is 0 Å². The van der Waals surface area contributed by atoms with Gasteiger partial charge < -0.3 is 25.3 Å². The number of aliphatic hydroxyl groups is 3. The van der Waals surface area contributed by atoms with Crippen LogP contribution >= 0.6 is 0 Å². The van der Waals surface area contributed by atoms with E-state index >= 15 is 0 Å². The summed E-state index contributed by atoms with van der Waals surface area (Å²) in [5.74, 6) is -5.84. The number of phenols is 1. The molecule has 0 aromatic heterocycles. The van der Waals surface area contributed by atoms with Gasteiger partial charge in [-0.25, -0.2) is 0 Å². The fraction of sp³-hybridized carbons (Fsp3) is 0.440. The van der Waals surface area contributed by atoms with Crippen molar-refractivity contribution < 1.29 is 39.6 Å². The summed E-state index contributed by atoms with van der Waals surface area (Å²) in [7, 11) is 3.54. The molecular formula is C25H27NO8. The number of carbonyl (C=O) groups excluding carboxylic acids is 4. The molecule has 0 saturated heterocycles. The Balaban J connectivity index is 1.84. The molecule has 0 heterocycles. The zero-order valence-electron chi connectivity index (χ0n) is 19.2. The number of nitrogens with zero attached hydrogens (tertiary/aromatic N) is 1. The number of aromatic hydroxyl groups is 1. The topological polar surface area (TPSA) is 152 Å². The van der Waals surface area contributed by atoms with Crippen LogP contribution in [0.5, 0.6) is 5.75 Å². The van der Waals surface area contributed by atoms with Gasteiger partial charge in [-0.15, -0.1) is 0 Å². The van der Waals surface area contributed by atoms with E-state index < -0.39 is 51.9 Å². The second kappa shape index (κ2) is 8.18. The van der Waals surface area contributed by atoms with Gasteiger partial charge >= 0.3 is 0 Å². The average molecular weight is 469 g/mol. The molecule has 1 saturated carbocycles. The van der Waals surface area contributed by atoms with E-state index in [1.807, 2.05) is 0 Å². The van der Waals surface area contributed by atoms with E-state index in [0.717, 1.165) is 6.92 Å². The minimum atomic E-state index is -2.51. The van der Waals surface area contributed by atoms with Gasteiger partial charge in [0, 0.05) is 24.3 Å². The molecular weight excluding hydrogens is 442 g/mol. The minimum absolute atomic E-state index is 0.0129. The first-order valence-electron chi connectivity index (χ1n) is 11.1. The number of hydrogen-bond donors (Lipinski definition) is 4. The van der Waals surface area contributed by atoms with E-state index in [0.29, 0.717) is 11.1 Å². The molecule has 0 bridgehead atoms. The first-order chi connectivity index (χ1) is 15.9. The maximum atomic E-state index is 13.5. The van der Waals surface area contributed by atoms with Gasteiger partial charge in [0.2, 0.25) is 5.78 Å². The number of rotatable bonds is 5.